The van der Waals surface area contributed by atoms with E-state index in [4.69, 9.17) is 9.47 Å². The highest BCUT2D eigenvalue weighted by Gasteiger charge is 2.27. The number of carbonyl (C=O) groups is 1. The van der Waals surface area contributed by atoms with Crippen LogP contribution in [-0.4, -0.2) is 60.5 Å². The summed E-state index contributed by atoms with van der Waals surface area (Å²) in [5.74, 6) is 5.18. The number of hydrogen-bond acceptors (Lipinski definition) is 5. The normalized spacial score (nSPS) is 22.1. The zero-order valence-corrected chi connectivity index (χ0v) is 20.0. The monoisotopic (exact) mass is 467 g/mol. The minimum absolute atomic E-state index is 0.198. The van der Waals surface area contributed by atoms with Crippen molar-refractivity contribution >= 4 is 5.97 Å². The number of aliphatic hydroxyl groups is 1. The van der Waals surface area contributed by atoms with Crippen molar-refractivity contribution in [2.45, 2.75) is 51.4 Å². The van der Waals surface area contributed by atoms with Crippen LogP contribution in [0.4, 0.5) is 4.39 Å². The number of carbonyl (C=O) groups excluding carboxylic acids is 1. The molecule has 34 heavy (non-hydrogen) atoms. The highest BCUT2D eigenvalue weighted by molar-refractivity contribution is 5.82. The van der Waals surface area contributed by atoms with Gasteiger partial charge in [-0.25, -0.2) is 9.18 Å². The molecule has 1 aromatic carbocycles. The van der Waals surface area contributed by atoms with Gasteiger partial charge in [-0.05, 0) is 69.0 Å². The highest BCUT2D eigenvalue weighted by atomic mass is 19.1. The fourth-order valence-corrected chi connectivity index (χ4v) is 4.38. The average Bonchev–Trinajstić information content (AvgIpc) is 3.10. The Labute approximate surface area is 201 Å². The molecule has 1 aliphatic heterocycles. The molecular formula is C28H34FNO4. The maximum absolute atomic E-state index is 13.2. The van der Waals surface area contributed by atoms with Crippen LogP contribution in [0.5, 0.6) is 0 Å². The summed E-state index contributed by atoms with van der Waals surface area (Å²) in [4.78, 5) is 14.0. The predicted molar refractivity (Wildman–Crippen MR) is 130 cm³/mol. The number of halogens is 1. The van der Waals surface area contributed by atoms with Gasteiger partial charge in [-0.3, -0.25) is 4.90 Å². The van der Waals surface area contributed by atoms with Gasteiger partial charge < -0.3 is 14.6 Å². The lowest BCUT2D eigenvalue weighted by atomic mass is 9.94. The second-order valence-electron chi connectivity index (χ2n) is 8.65. The summed E-state index contributed by atoms with van der Waals surface area (Å²) in [6.07, 6.45) is 10.8. The average molecular weight is 468 g/mol. The molecule has 0 radical (unpaired) electrons. The van der Waals surface area contributed by atoms with Crippen molar-refractivity contribution in [2.24, 2.45) is 5.92 Å². The lowest BCUT2D eigenvalue weighted by Gasteiger charge is -2.28. The van der Waals surface area contributed by atoms with Gasteiger partial charge in [0.2, 0.25) is 0 Å². The minimum atomic E-state index is -0.627. The Morgan fingerprint density at radius 1 is 1.35 bits per heavy atom. The molecular weight excluding hydrogens is 433 g/mol. The number of aliphatic hydroxyl groups excluding tert-OH is 1. The van der Waals surface area contributed by atoms with Gasteiger partial charge in [-0.1, -0.05) is 42.2 Å². The third kappa shape index (κ3) is 7.95. The summed E-state index contributed by atoms with van der Waals surface area (Å²) in [7, 11) is 0. The van der Waals surface area contributed by atoms with Gasteiger partial charge in [-0.2, -0.15) is 0 Å². The fraction of sp³-hybridized carbons (Fsp3) is 0.464. The van der Waals surface area contributed by atoms with Crippen LogP contribution in [0.1, 0.15) is 32.3 Å². The molecule has 0 saturated carbocycles. The first-order valence-corrected chi connectivity index (χ1v) is 12.0. The number of ether oxygens (including phenoxy) is 2. The molecule has 1 aliphatic carbocycles. The SMILES string of the molecule is CCOC(=O)/C=C/C1C#CC=CC=C1[C@@H](C)OC[C@H](O)CN1CCC[C@H]1Cc1ccc(F)cc1. The summed E-state index contributed by atoms with van der Waals surface area (Å²) < 4.78 is 24.2. The van der Waals surface area contributed by atoms with Crippen LogP contribution in [0.2, 0.25) is 0 Å². The Morgan fingerprint density at radius 2 is 2.15 bits per heavy atom. The number of allylic oxidation sites excluding steroid dienone is 4. The number of likely N-dealkylation sites (tertiary alicyclic amines) is 1. The number of hydrogen-bond donors (Lipinski definition) is 1. The van der Waals surface area contributed by atoms with E-state index in [9.17, 15) is 14.3 Å². The van der Waals surface area contributed by atoms with Gasteiger partial charge >= 0.3 is 5.97 Å². The lowest BCUT2D eigenvalue weighted by Crippen LogP contribution is -2.39. The Hall–Kier alpha value is -2.72. The summed E-state index contributed by atoms with van der Waals surface area (Å²) >= 11 is 0. The van der Waals surface area contributed by atoms with E-state index in [1.54, 1.807) is 19.1 Å². The summed E-state index contributed by atoms with van der Waals surface area (Å²) in [5, 5.41) is 10.7. The smallest absolute Gasteiger partial charge is 0.330 e. The molecule has 0 amide bonds. The largest absolute Gasteiger partial charge is 0.463 e. The number of benzene rings is 1. The van der Waals surface area contributed by atoms with E-state index in [2.05, 4.69) is 16.7 Å². The van der Waals surface area contributed by atoms with Crippen LogP contribution in [0.3, 0.4) is 0 Å². The van der Waals surface area contributed by atoms with E-state index in [0.717, 1.165) is 36.9 Å². The first kappa shape index (κ1) is 25.9. The summed E-state index contributed by atoms with van der Waals surface area (Å²) in [5.41, 5.74) is 2.03. The van der Waals surface area contributed by atoms with Gasteiger partial charge in [-0.15, -0.1) is 0 Å². The molecule has 1 fully saturated rings. The van der Waals surface area contributed by atoms with E-state index < -0.39 is 12.1 Å². The fourth-order valence-electron chi connectivity index (χ4n) is 4.38. The van der Waals surface area contributed by atoms with E-state index >= 15 is 0 Å². The van der Waals surface area contributed by atoms with Gasteiger partial charge in [0.05, 0.1) is 31.3 Å². The van der Waals surface area contributed by atoms with Crippen molar-refractivity contribution in [3.63, 3.8) is 0 Å². The van der Waals surface area contributed by atoms with Gasteiger partial charge in [0.25, 0.3) is 0 Å². The zero-order valence-electron chi connectivity index (χ0n) is 20.0. The van der Waals surface area contributed by atoms with Crippen molar-refractivity contribution in [1.29, 1.82) is 0 Å². The molecule has 0 spiro atoms. The lowest BCUT2D eigenvalue weighted by molar-refractivity contribution is -0.137. The van der Waals surface area contributed by atoms with E-state index in [-0.39, 0.29) is 24.4 Å². The summed E-state index contributed by atoms with van der Waals surface area (Å²) in [6.45, 7) is 5.68. The second-order valence-corrected chi connectivity index (χ2v) is 8.65. The predicted octanol–water partition coefficient (Wildman–Crippen LogP) is 3.83. The third-order valence-corrected chi connectivity index (χ3v) is 6.11. The molecule has 1 heterocycles. The molecule has 182 valence electrons. The van der Waals surface area contributed by atoms with E-state index in [1.807, 2.05) is 31.2 Å². The molecule has 0 aromatic heterocycles. The molecule has 1 N–H and O–H groups in total. The molecule has 3 rings (SSSR count). The number of esters is 1. The number of rotatable bonds is 11. The van der Waals surface area contributed by atoms with Gasteiger partial charge in [0.15, 0.2) is 0 Å². The Morgan fingerprint density at radius 3 is 2.91 bits per heavy atom. The second kappa shape index (κ2) is 13.2. The highest BCUT2D eigenvalue weighted by Crippen LogP contribution is 2.23. The van der Waals surface area contributed by atoms with Crippen molar-refractivity contribution in [3.05, 3.63) is 71.6 Å². The van der Waals surface area contributed by atoms with Gasteiger partial charge in [0.1, 0.15) is 5.82 Å². The van der Waals surface area contributed by atoms with Crippen molar-refractivity contribution in [2.75, 3.05) is 26.3 Å². The molecule has 5 nitrogen and oxygen atoms in total. The zero-order chi connectivity index (χ0) is 24.3. The minimum Gasteiger partial charge on any atom is -0.463 e. The molecule has 6 heteroatoms. The summed E-state index contributed by atoms with van der Waals surface area (Å²) in [6, 6.07) is 6.99. The number of nitrogens with zero attached hydrogens (tertiary/aromatic N) is 1. The van der Waals surface area contributed by atoms with Crippen molar-refractivity contribution in [3.8, 4) is 11.8 Å². The molecule has 2 aliphatic rings. The Bertz CT molecular complexity index is 957. The van der Waals surface area contributed by atoms with Crippen molar-refractivity contribution in [1.82, 2.24) is 4.90 Å². The van der Waals surface area contributed by atoms with Crippen LogP contribution in [0.15, 0.2) is 60.2 Å². The standard InChI is InChI=1S/C28H34FNO4/c1-3-33-28(32)16-13-23-8-5-4-6-10-27(23)21(2)34-20-26(31)19-30-17-7-9-25(30)18-22-11-14-24(29)15-12-22/h4,6,10-16,21,23,25-26,31H,3,7,9,17-20H2,1-2H3/b16-13+/t21-,23?,25+,26-/m1/s1. The quantitative estimate of drug-likeness (QED) is 0.305. The Kier molecular flexibility index (Phi) is 10.1. The molecule has 4 atom stereocenters. The Balaban J connectivity index is 1.51. The molecule has 1 unspecified atom stereocenters. The first-order valence-electron chi connectivity index (χ1n) is 12.0. The van der Waals surface area contributed by atoms with E-state index in [0.29, 0.717) is 19.2 Å². The maximum Gasteiger partial charge on any atom is 0.330 e. The molecule has 1 aromatic rings. The van der Waals surface area contributed by atoms with Crippen molar-refractivity contribution < 1.29 is 23.8 Å². The van der Waals surface area contributed by atoms with Crippen LogP contribution in [0, 0.1) is 23.6 Å². The maximum atomic E-state index is 13.2. The van der Waals surface area contributed by atoms with Crippen LogP contribution >= 0.6 is 0 Å². The van der Waals surface area contributed by atoms with Crippen LogP contribution in [0.25, 0.3) is 0 Å². The van der Waals surface area contributed by atoms with E-state index in [1.165, 1.54) is 18.2 Å². The van der Waals surface area contributed by atoms with Crippen LogP contribution < -0.4 is 0 Å². The molecule has 0 bridgehead atoms. The molecule has 1 saturated heterocycles. The van der Waals surface area contributed by atoms with Gasteiger partial charge in [0, 0.05) is 18.7 Å². The van der Waals surface area contributed by atoms with Crippen LogP contribution in [-0.2, 0) is 20.7 Å². The third-order valence-electron chi connectivity index (χ3n) is 6.11. The number of β-amino-alcohol motifs (C(OH)–C–C–N with tert-alkyl or cyclic N) is 1. The first-order chi connectivity index (χ1) is 16.5. The topological polar surface area (TPSA) is 59.0 Å².